The quantitative estimate of drug-likeness (QED) is 0.134. The van der Waals surface area contributed by atoms with Gasteiger partial charge in [-0.25, -0.2) is 0 Å². The minimum absolute atomic E-state index is 0.0663. The minimum Gasteiger partial charge on any atom is -0.504 e. The average molecular weight is 1120 g/mol. The first-order valence-corrected chi connectivity index (χ1v) is 28.5. The lowest BCUT2D eigenvalue weighted by molar-refractivity contribution is -0.318. The number of carbonyl (C=O) groups excluding carboxylic acids is 3. The largest absolute Gasteiger partial charge is 0.504 e. The standard InChI is InChI=1S/C38H72N2O12.C22H19ClO3/c1-15-27-38(10,46)31(42)24(6)40(13)19-20(2)17-36(8,45)33(52-35-29(41)26(39(11)12)16-21(3)48-35)22(4)30(23(5)34(44)50-27)51-28-18-37(9,47-14)32(43)25(7)49-28;23-16-11-9-14(10-12-16)13-5-7-15(8-6-13)19-20(24)17-3-1-2-4-18(17)21(25)22(19)26/h20-33,35,41-43,45-46H,15-19H2,1-14H3;1-4,9-13,15,26H,5-8H2/t20-,21-,22+,23-,24-,25+,26+,27-,28+,29-,30+,31-,32+,33-,35+,36-,37-,38-;13-,15-/m1./s1. The van der Waals surface area contributed by atoms with Crippen molar-refractivity contribution in [3.05, 3.63) is 81.6 Å². The van der Waals surface area contributed by atoms with Crippen LogP contribution in [-0.2, 0) is 33.2 Å². The lowest BCUT2D eigenvalue weighted by Gasteiger charge is -2.48. The first kappa shape index (κ1) is 63.8. The molecule has 438 valence electrons. The zero-order valence-electron chi connectivity index (χ0n) is 48.4. The molecule has 2 aliphatic carbocycles. The van der Waals surface area contributed by atoms with Crippen LogP contribution in [0, 0.1) is 23.7 Å². The van der Waals surface area contributed by atoms with E-state index in [4.69, 9.17) is 40.0 Å². The number of methoxy groups -OCH3 is 1. The van der Waals surface area contributed by atoms with Crippen LogP contribution in [-0.4, -0.2) is 183 Å². The summed E-state index contributed by atoms with van der Waals surface area (Å²) in [6.45, 7) is 18.0. The molecule has 6 N–H and O–H groups in total. The second kappa shape index (κ2) is 26.2. The number of fused-ring (bicyclic) bond motifs is 1. The maximum Gasteiger partial charge on any atom is 0.311 e. The van der Waals surface area contributed by atoms with Crippen LogP contribution in [0.2, 0.25) is 5.02 Å². The van der Waals surface area contributed by atoms with E-state index in [0.717, 1.165) is 30.7 Å². The number of rotatable bonds is 9. The van der Waals surface area contributed by atoms with E-state index >= 15 is 0 Å². The van der Waals surface area contributed by atoms with Gasteiger partial charge in [-0.2, -0.15) is 0 Å². The van der Waals surface area contributed by atoms with Gasteiger partial charge in [0.15, 0.2) is 24.1 Å². The normalized spacial score (nSPS) is 40.8. The van der Waals surface area contributed by atoms with Gasteiger partial charge in [0.1, 0.15) is 30.0 Å². The van der Waals surface area contributed by atoms with Crippen LogP contribution >= 0.6 is 11.6 Å². The maximum atomic E-state index is 14.2. The first-order chi connectivity index (χ1) is 36.5. The van der Waals surface area contributed by atoms with Crippen molar-refractivity contribution in [2.45, 2.75) is 217 Å². The summed E-state index contributed by atoms with van der Waals surface area (Å²) >= 11 is 5.96. The molecule has 0 spiro atoms. The molecule has 5 aliphatic rings. The third-order valence-electron chi connectivity index (χ3n) is 17.8. The lowest BCUT2D eigenvalue weighted by atomic mass is 9.72. The number of carbonyl (C=O) groups is 3. The van der Waals surface area contributed by atoms with E-state index in [9.17, 15) is 45.0 Å². The number of ketones is 2. The highest BCUT2D eigenvalue weighted by molar-refractivity contribution is 6.30. The Hall–Kier alpha value is -3.40. The number of hydrogen-bond acceptors (Lipinski definition) is 17. The molecule has 2 aromatic rings. The Balaban J connectivity index is 0.000000312. The van der Waals surface area contributed by atoms with E-state index in [1.54, 1.807) is 65.8 Å². The summed E-state index contributed by atoms with van der Waals surface area (Å²) in [5, 5.41) is 69.3. The van der Waals surface area contributed by atoms with E-state index in [-0.39, 0.29) is 54.8 Å². The monoisotopic (exact) mass is 1110 g/mol. The Kier molecular flexibility index (Phi) is 21.5. The van der Waals surface area contributed by atoms with Gasteiger partial charge >= 0.3 is 5.97 Å². The highest BCUT2D eigenvalue weighted by Crippen LogP contribution is 2.44. The van der Waals surface area contributed by atoms with Gasteiger partial charge in [-0.05, 0) is 150 Å². The SMILES string of the molecule is CC[C@H]1OC(=O)[C@H](C)[C@@H](O[C@H]2C[C@@](C)(OC)[C@@H](O)[C@H](C)O2)[C@H](C)[C@@H](O[C@@H]2O[C@H](C)C[C@H](N(C)C)[C@H]2O)[C@](C)(O)C[C@@H](C)CN(C)[C@H](C)[C@@H](O)[C@]1(C)O.O=C1C(O)=C([C@H]2CC[C@H](c3ccc(Cl)cc3)CC2)C(=O)c2ccccc21. The number of cyclic esters (lactones) is 1. The Morgan fingerprint density at radius 2 is 1.40 bits per heavy atom. The Morgan fingerprint density at radius 1 is 0.808 bits per heavy atom. The zero-order chi connectivity index (χ0) is 57.9. The number of aliphatic hydroxyl groups is 6. The molecule has 3 saturated heterocycles. The number of halogens is 1. The summed E-state index contributed by atoms with van der Waals surface area (Å²) in [5.74, 6) is -3.22. The Bertz CT molecular complexity index is 2370. The second-order valence-electron chi connectivity index (χ2n) is 24.2. The van der Waals surface area contributed by atoms with Gasteiger partial charge in [0.05, 0.1) is 41.5 Å². The Morgan fingerprint density at radius 3 is 1.97 bits per heavy atom. The highest BCUT2D eigenvalue weighted by Gasteiger charge is 2.53. The first-order valence-electron chi connectivity index (χ1n) is 28.1. The predicted molar refractivity (Wildman–Crippen MR) is 295 cm³/mol. The van der Waals surface area contributed by atoms with Gasteiger partial charge in [-0.3, -0.25) is 14.4 Å². The molecule has 18 atom stereocenters. The van der Waals surface area contributed by atoms with Gasteiger partial charge in [-0.15, -0.1) is 0 Å². The van der Waals surface area contributed by atoms with Crippen LogP contribution in [0.25, 0.3) is 0 Å². The fourth-order valence-corrected chi connectivity index (χ4v) is 13.1. The molecule has 1 saturated carbocycles. The van der Waals surface area contributed by atoms with E-state index in [1.807, 2.05) is 63.8 Å². The maximum absolute atomic E-state index is 14.2. The van der Waals surface area contributed by atoms with Crippen LogP contribution in [0.3, 0.4) is 0 Å². The molecule has 78 heavy (non-hydrogen) atoms. The van der Waals surface area contributed by atoms with Crippen molar-refractivity contribution in [1.29, 1.82) is 0 Å². The fraction of sp³-hybridized carbons (Fsp3) is 0.717. The average Bonchev–Trinajstić information content (AvgIpc) is 3.42. The van der Waals surface area contributed by atoms with E-state index in [0.29, 0.717) is 35.6 Å². The van der Waals surface area contributed by atoms with Gasteiger partial charge in [0.2, 0.25) is 5.78 Å². The lowest BCUT2D eigenvalue weighted by Crippen LogP contribution is -2.60. The Labute approximate surface area is 467 Å². The third-order valence-corrected chi connectivity index (χ3v) is 18.1. The van der Waals surface area contributed by atoms with Crippen molar-refractivity contribution in [1.82, 2.24) is 9.80 Å². The number of esters is 1. The summed E-state index contributed by atoms with van der Waals surface area (Å²) < 4.78 is 37.5. The molecule has 4 fully saturated rings. The molecular formula is C60H91ClN2O15. The van der Waals surface area contributed by atoms with Gasteiger partial charge in [0, 0.05) is 59.8 Å². The molecular weight excluding hydrogens is 1020 g/mol. The molecule has 0 radical (unpaired) electrons. The third kappa shape index (κ3) is 14.1. The summed E-state index contributed by atoms with van der Waals surface area (Å²) in [7, 11) is 7.12. The van der Waals surface area contributed by atoms with Gasteiger partial charge in [0.25, 0.3) is 0 Å². The van der Waals surface area contributed by atoms with Crippen molar-refractivity contribution in [3.8, 4) is 0 Å². The van der Waals surface area contributed by atoms with Crippen LogP contribution in [0.4, 0.5) is 0 Å². The van der Waals surface area contributed by atoms with E-state index in [2.05, 4.69) is 12.1 Å². The van der Waals surface area contributed by atoms with Crippen LogP contribution in [0.1, 0.15) is 153 Å². The number of allylic oxidation sites excluding steroid dienone is 2. The molecule has 2 aromatic carbocycles. The molecule has 0 bridgehead atoms. The molecule has 0 amide bonds. The number of nitrogens with zero attached hydrogens (tertiary/aromatic N) is 2. The van der Waals surface area contributed by atoms with Crippen LogP contribution < -0.4 is 0 Å². The minimum atomic E-state index is -1.80. The van der Waals surface area contributed by atoms with E-state index in [1.165, 1.54) is 19.6 Å². The number of likely N-dealkylation sites (N-methyl/N-ethyl adjacent to an activating group) is 2. The molecule has 17 nitrogen and oxygen atoms in total. The smallest absolute Gasteiger partial charge is 0.311 e. The molecule has 0 aromatic heterocycles. The van der Waals surface area contributed by atoms with Crippen molar-refractivity contribution in [2.75, 3.05) is 34.8 Å². The van der Waals surface area contributed by atoms with Crippen molar-refractivity contribution in [3.63, 3.8) is 0 Å². The van der Waals surface area contributed by atoms with Crippen LogP contribution in [0.15, 0.2) is 59.9 Å². The van der Waals surface area contributed by atoms with Crippen molar-refractivity contribution < 1.29 is 73.4 Å². The second-order valence-corrected chi connectivity index (χ2v) is 24.7. The molecule has 0 unspecified atom stereocenters. The van der Waals surface area contributed by atoms with Gasteiger partial charge < -0.3 is 68.9 Å². The molecule has 7 rings (SSSR count). The van der Waals surface area contributed by atoms with E-state index < -0.39 is 102 Å². The summed E-state index contributed by atoms with van der Waals surface area (Å²) in [4.78, 5) is 43.4. The van der Waals surface area contributed by atoms with Crippen molar-refractivity contribution >= 4 is 29.1 Å². The molecule has 3 aliphatic heterocycles. The highest BCUT2D eigenvalue weighted by atomic mass is 35.5. The summed E-state index contributed by atoms with van der Waals surface area (Å²) in [6, 6.07) is 13.8. The van der Waals surface area contributed by atoms with Crippen LogP contribution in [0.5, 0.6) is 0 Å². The number of aliphatic hydroxyl groups excluding tert-OH is 4. The van der Waals surface area contributed by atoms with Crippen molar-refractivity contribution in [2.24, 2.45) is 23.7 Å². The number of benzene rings is 2. The number of hydrogen-bond donors (Lipinski definition) is 6. The zero-order valence-corrected chi connectivity index (χ0v) is 49.2. The van der Waals surface area contributed by atoms with Gasteiger partial charge in [-0.1, -0.05) is 68.8 Å². The number of ether oxygens (including phenoxy) is 6. The summed E-state index contributed by atoms with van der Waals surface area (Å²) in [6.07, 6.45) is -4.77. The summed E-state index contributed by atoms with van der Waals surface area (Å²) in [5.41, 5.74) is -2.11. The topological polar surface area (TPSA) is 234 Å². The molecule has 18 heteroatoms. The molecule has 3 heterocycles. The number of Topliss-reactive ketones (excluding diaryl/α,β-unsaturated/α-hetero) is 2. The predicted octanol–water partition coefficient (Wildman–Crippen LogP) is 7.41. The fourth-order valence-electron chi connectivity index (χ4n) is 12.9.